The molecule has 1 rings (SSSR count). The number of urea groups is 1. The summed E-state index contributed by atoms with van der Waals surface area (Å²) >= 11 is 0. The van der Waals surface area contributed by atoms with Crippen LogP contribution in [0.5, 0.6) is 0 Å². The van der Waals surface area contributed by atoms with Crippen LogP contribution in [0, 0.1) is 0 Å². The largest absolute Gasteiger partial charge is 0.481 e. The molecule has 0 unspecified atom stereocenters. The van der Waals surface area contributed by atoms with Crippen molar-refractivity contribution in [3.8, 4) is 0 Å². The molecule has 0 aromatic rings. The number of hydrogen-bond acceptors (Lipinski definition) is 3. The average Bonchev–Trinajstić information content (AvgIpc) is 3.14. The van der Waals surface area contributed by atoms with E-state index < -0.39 is 5.97 Å². The maximum Gasteiger partial charge on any atom is 0.314 e. The fourth-order valence-electron chi connectivity index (χ4n) is 1.86. The molecule has 104 valence electrons. The van der Waals surface area contributed by atoms with Gasteiger partial charge in [0.25, 0.3) is 0 Å². The van der Waals surface area contributed by atoms with Crippen LogP contribution in [0.15, 0.2) is 0 Å². The van der Waals surface area contributed by atoms with Crippen LogP contribution in [0.2, 0.25) is 0 Å². The molecular formula is C12H23N3O3. The van der Waals surface area contributed by atoms with Gasteiger partial charge in [0.1, 0.15) is 0 Å². The summed E-state index contributed by atoms with van der Waals surface area (Å²) in [6, 6.07) is 0.502. The van der Waals surface area contributed by atoms with E-state index in [1.165, 1.54) is 12.8 Å². The fraction of sp³-hybridized carbons (Fsp3) is 0.833. The monoisotopic (exact) mass is 257 g/mol. The van der Waals surface area contributed by atoms with Crippen LogP contribution in [0.3, 0.4) is 0 Å². The van der Waals surface area contributed by atoms with Crippen LogP contribution in [-0.4, -0.2) is 54.2 Å². The number of hydrogen-bond donors (Lipinski definition) is 3. The van der Waals surface area contributed by atoms with E-state index in [1.54, 1.807) is 0 Å². The smallest absolute Gasteiger partial charge is 0.314 e. The normalized spacial score (nSPS) is 14.6. The SMILES string of the molecule is CCN(CCNC(=O)NCCCC(=O)O)C1CC1. The summed E-state index contributed by atoms with van der Waals surface area (Å²) < 4.78 is 0. The molecule has 0 saturated heterocycles. The van der Waals surface area contributed by atoms with Gasteiger partial charge in [0.05, 0.1) is 0 Å². The lowest BCUT2D eigenvalue weighted by molar-refractivity contribution is -0.137. The predicted octanol–water partition coefficient (Wildman–Crippen LogP) is 0.635. The zero-order valence-corrected chi connectivity index (χ0v) is 10.9. The molecule has 2 amide bonds. The van der Waals surface area contributed by atoms with Crippen LogP contribution in [0.4, 0.5) is 4.79 Å². The van der Waals surface area contributed by atoms with Crippen molar-refractivity contribution in [3.05, 3.63) is 0 Å². The van der Waals surface area contributed by atoms with Crippen molar-refractivity contribution in [2.45, 2.75) is 38.6 Å². The number of nitrogens with zero attached hydrogens (tertiary/aromatic N) is 1. The first kappa shape index (κ1) is 14.8. The third kappa shape index (κ3) is 6.44. The lowest BCUT2D eigenvalue weighted by atomic mass is 10.3. The average molecular weight is 257 g/mol. The molecule has 0 spiro atoms. The first-order valence-corrected chi connectivity index (χ1v) is 6.61. The molecule has 0 heterocycles. The number of rotatable bonds is 9. The number of carboxylic acid groups (broad SMARTS) is 1. The highest BCUT2D eigenvalue weighted by Gasteiger charge is 2.27. The first-order valence-electron chi connectivity index (χ1n) is 6.61. The maximum atomic E-state index is 11.4. The Balaban J connectivity index is 1.97. The van der Waals surface area contributed by atoms with Crippen molar-refractivity contribution in [3.63, 3.8) is 0 Å². The van der Waals surface area contributed by atoms with Crippen molar-refractivity contribution in [1.82, 2.24) is 15.5 Å². The van der Waals surface area contributed by atoms with E-state index in [1.807, 2.05) is 0 Å². The molecule has 0 aliphatic heterocycles. The van der Waals surface area contributed by atoms with E-state index in [-0.39, 0.29) is 12.5 Å². The highest BCUT2D eigenvalue weighted by atomic mass is 16.4. The molecule has 1 aliphatic rings. The van der Waals surface area contributed by atoms with E-state index in [2.05, 4.69) is 22.5 Å². The Bertz CT molecular complexity index is 280. The van der Waals surface area contributed by atoms with Crippen LogP contribution >= 0.6 is 0 Å². The molecule has 0 radical (unpaired) electrons. The Hall–Kier alpha value is -1.30. The molecule has 1 saturated carbocycles. The molecule has 3 N–H and O–H groups in total. The second-order valence-electron chi connectivity index (χ2n) is 4.54. The molecule has 0 bridgehead atoms. The summed E-state index contributed by atoms with van der Waals surface area (Å²) in [7, 11) is 0. The van der Waals surface area contributed by atoms with Gasteiger partial charge >= 0.3 is 12.0 Å². The topological polar surface area (TPSA) is 81.7 Å². The Morgan fingerprint density at radius 1 is 1.28 bits per heavy atom. The first-order chi connectivity index (χ1) is 8.63. The Morgan fingerprint density at radius 3 is 2.50 bits per heavy atom. The van der Waals surface area contributed by atoms with Gasteiger partial charge in [-0.25, -0.2) is 4.79 Å². The van der Waals surface area contributed by atoms with Crippen molar-refractivity contribution in [1.29, 1.82) is 0 Å². The summed E-state index contributed by atoms with van der Waals surface area (Å²) in [4.78, 5) is 24.0. The fourth-order valence-corrected chi connectivity index (χ4v) is 1.86. The quantitative estimate of drug-likeness (QED) is 0.529. The highest BCUT2D eigenvalue weighted by molar-refractivity contribution is 5.73. The summed E-state index contributed by atoms with van der Waals surface area (Å²) in [6.45, 7) is 5.06. The van der Waals surface area contributed by atoms with E-state index >= 15 is 0 Å². The number of carboxylic acids is 1. The van der Waals surface area contributed by atoms with Crippen LogP contribution in [-0.2, 0) is 4.79 Å². The molecule has 1 fully saturated rings. The molecule has 1 aliphatic carbocycles. The lowest BCUT2D eigenvalue weighted by Crippen LogP contribution is -2.41. The molecule has 0 aromatic carbocycles. The minimum absolute atomic E-state index is 0.0889. The number of aliphatic carboxylic acids is 1. The summed E-state index contributed by atoms with van der Waals surface area (Å²) in [5.41, 5.74) is 0. The number of carbonyl (C=O) groups excluding carboxylic acids is 1. The Labute approximate surface area is 108 Å². The Kier molecular flexibility index (Phi) is 6.49. The summed E-state index contributed by atoms with van der Waals surface area (Å²) in [6.07, 6.45) is 3.10. The van der Waals surface area contributed by atoms with E-state index in [0.717, 1.165) is 19.1 Å². The Morgan fingerprint density at radius 2 is 1.94 bits per heavy atom. The second-order valence-corrected chi connectivity index (χ2v) is 4.54. The van der Waals surface area contributed by atoms with Crippen molar-refractivity contribution < 1.29 is 14.7 Å². The molecule has 18 heavy (non-hydrogen) atoms. The predicted molar refractivity (Wildman–Crippen MR) is 68.5 cm³/mol. The van der Waals surface area contributed by atoms with Gasteiger partial charge < -0.3 is 15.7 Å². The van der Waals surface area contributed by atoms with Crippen LogP contribution in [0.25, 0.3) is 0 Å². The van der Waals surface area contributed by atoms with Gasteiger partial charge in [-0.1, -0.05) is 6.92 Å². The molecular weight excluding hydrogens is 234 g/mol. The van der Waals surface area contributed by atoms with Gasteiger partial charge in [0.2, 0.25) is 0 Å². The summed E-state index contributed by atoms with van der Waals surface area (Å²) in [5, 5.41) is 13.9. The van der Waals surface area contributed by atoms with Crippen molar-refractivity contribution >= 4 is 12.0 Å². The number of likely N-dealkylation sites (N-methyl/N-ethyl adjacent to an activating group) is 1. The van der Waals surface area contributed by atoms with Gasteiger partial charge in [0, 0.05) is 32.1 Å². The second kappa shape index (κ2) is 7.92. The zero-order chi connectivity index (χ0) is 13.4. The van der Waals surface area contributed by atoms with E-state index in [9.17, 15) is 9.59 Å². The minimum Gasteiger partial charge on any atom is -0.481 e. The van der Waals surface area contributed by atoms with E-state index in [0.29, 0.717) is 19.5 Å². The van der Waals surface area contributed by atoms with Gasteiger partial charge in [-0.05, 0) is 25.8 Å². The number of carbonyl (C=O) groups is 2. The maximum absolute atomic E-state index is 11.4. The number of amides is 2. The van der Waals surface area contributed by atoms with Gasteiger partial charge in [-0.15, -0.1) is 0 Å². The molecule has 0 aromatic heterocycles. The third-order valence-electron chi connectivity index (χ3n) is 3.01. The summed E-state index contributed by atoms with van der Waals surface area (Å²) in [5.74, 6) is -0.833. The van der Waals surface area contributed by atoms with Gasteiger partial charge in [-0.3, -0.25) is 9.69 Å². The van der Waals surface area contributed by atoms with Crippen LogP contribution in [0.1, 0.15) is 32.6 Å². The van der Waals surface area contributed by atoms with Crippen LogP contribution < -0.4 is 10.6 Å². The van der Waals surface area contributed by atoms with Gasteiger partial charge in [0.15, 0.2) is 0 Å². The van der Waals surface area contributed by atoms with E-state index in [4.69, 9.17) is 5.11 Å². The third-order valence-corrected chi connectivity index (χ3v) is 3.01. The highest BCUT2D eigenvalue weighted by Crippen LogP contribution is 2.25. The minimum atomic E-state index is -0.833. The number of nitrogens with one attached hydrogen (secondary N) is 2. The zero-order valence-electron chi connectivity index (χ0n) is 10.9. The lowest BCUT2D eigenvalue weighted by Gasteiger charge is -2.19. The molecule has 6 nitrogen and oxygen atoms in total. The molecule has 6 heteroatoms. The van der Waals surface area contributed by atoms with Crippen molar-refractivity contribution in [2.24, 2.45) is 0 Å². The van der Waals surface area contributed by atoms with Crippen molar-refractivity contribution in [2.75, 3.05) is 26.2 Å². The molecule has 0 atom stereocenters. The standard InChI is InChI=1S/C12H23N3O3/c1-2-15(10-5-6-10)9-8-14-12(18)13-7-3-4-11(16)17/h10H,2-9H2,1H3,(H,16,17)(H2,13,14,18). The van der Waals surface area contributed by atoms with Gasteiger partial charge in [-0.2, -0.15) is 0 Å².